The van der Waals surface area contributed by atoms with E-state index in [2.05, 4.69) is 20.7 Å². The number of imidazole rings is 1. The zero-order chi connectivity index (χ0) is 23.3. The monoisotopic (exact) mass is 447 g/mol. The SMILES string of the molecule is Cc1ccc(-c2cnc3c(NCCC(F)(F)F)cc(C=O)nn23)cc1C.O=CNC1CC1. The van der Waals surface area contributed by atoms with Crippen molar-refractivity contribution in [3.8, 4) is 11.3 Å². The Bertz CT molecular complexity index is 1110. The van der Waals surface area contributed by atoms with Gasteiger partial charge in [0.15, 0.2) is 11.9 Å². The van der Waals surface area contributed by atoms with Gasteiger partial charge in [-0.1, -0.05) is 12.1 Å². The summed E-state index contributed by atoms with van der Waals surface area (Å²) in [6, 6.07) is 7.79. The van der Waals surface area contributed by atoms with E-state index in [0.717, 1.165) is 23.1 Å². The number of carbonyl (C=O) groups is 2. The number of halogens is 3. The molecular formula is C22H24F3N5O2. The predicted octanol–water partition coefficient (Wildman–Crippen LogP) is 4.08. The number of aryl methyl sites for hydroxylation is 2. The van der Waals surface area contributed by atoms with Crippen LogP contribution in [0.2, 0.25) is 0 Å². The van der Waals surface area contributed by atoms with E-state index in [1.165, 1.54) is 23.4 Å². The number of anilines is 1. The van der Waals surface area contributed by atoms with Gasteiger partial charge in [0, 0.05) is 18.2 Å². The molecule has 3 aromatic rings. The van der Waals surface area contributed by atoms with E-state index in [1.807, 2.05) is 32.0 Å². The molecule has 1 aromatic carbocycles. The van der Waals surface area contributed by atoms with Crippen molar-refractivity contribution in [3.05, 3.63) is 47.3 Å². The van der Waals surface area contributed by atoms with Crippen molar-refractivity contribution in [1.82, 2.24) is 19.9 Å². The van der Waals surface area contributed by atoms with Gasteiger partial charge in [-0.3, -0.25) is 9.59 Å². The molecule has 0 spiro atoms. The zero-order valence-corrected chi connectivity index (χ0v) is 17.7. The number of carbonyl (C=O) groups excluding carboxylic acids is 2. The molecule has 0 aliphatic heterocycles. The molecule has 2 N–H and O–H groups in total. The molecule has 0 bridgehead atoms. The van der Waals surface area contributed by atoms with Crippen molar-refractivity contribution >= 4 is 24.0 Å². The number of amides is 1. The van der Waals surface area contributed by atoms with Crippen LogP contribution in [0.3, 0.4) is 0 Å². The largest absolute Gasteiger partial charge is 0.390 e. The fourth-order valence-electron chi connectivity index (χ4n) is 2.96. The van der Waals surface area contributed by atoms with Crippen LogP contribution in [0.15, 0.2) is 30.5 Å². The van der Waals surface area contributed by atoms with Crippen LogP contribution in [0.25, 0.3) is 16.9 Å². The number of rotatable bonds is 7. The summed E-state index contributed by atoms with van der Waals surface area (Å²) in [5.74, 6) is 0. The fourth-order valence-corrected chi connectivity index (χ4v) is 2.96. The van der Waals surface area contributed by atoms with E-state index in [0.29, 0.717) is 29.4 Å². The molecule has 32 heavy (non-hydrogen) atoms. The number of benzene rings is 1. The van der Waals surface area contributed by atoms with Crippen LogP contribution in [0.4, 0.5) is 18.9 Å². The van der Waals surface area contributed by atoms with Crippen molar-refractivity contribution < 1.29 is 22.8 Å². The van der Waals surface area contributed by atoms with Crippen molar-refractivity contribution in [1.29, 1.82) is 0 Å². The number of nitrogens with one attached hydrogen (secondary N) is 2. The highest BCUT2D eigenvalue weighted by Crippen LogP contribution is 2.26. The van der Waals surface area contributed by atoms with Gasteiger partial charge in [0.25, 0.3) is 0 Å². The van der Waals surface area contributed by atoms with Gasteiger partial charge in [0.05, 0.1) is 24.0 Å². The molecule has 0 radical (unpaired) electrons. The van der Waals surface area contributed by atoms with Gasteiger partial charge < -0.3 is 10.6 Å². The maximum absolute atomic E-state index is 12.4. The lowest BCUT2D eigenvalue weighted by Crippen LogP contribution is -2.15. The van der Waals surface area contributed by atoms with Gasteiger partial charge in [0.2, 0.25) is 6.41 Å². The zero-order valence-electron chi connectivity index (χ0n) is 17.7. The lowest BCUT2D eigenvalue weighted by atomic mass is 10.0. The molecule has 0 saturated heterocycles. The van der Waals surface area contributed by atoms with E-state index in [-0.39, 0.29) is 12.2 Å². The minimum absolute atomic E-state index is 0.107. The van der Waals surface area contributed by atoms with Crippen molar-refractivity contribution in [2.24, 2.45) is 0 Å². The third-order valence-corrected chi connectivity index (χ3v) is 5.01. The first-order valence-corrected chi connectivity index (χ1v) is 10.1. The molecule has 2 aromatic heterocycles. The number of nitrogens with zero attached hydrogens (tertiary/aromatic N) is 3. The third kappa shape index (κ3) is 6.05. The third-order valence-electron chi connectivity index (χ3n) is 5.01. The summed E-state index contributed by atoms with van der Waals surface area (Å²) >= 11 is 0. The second-order valence-corrected chi connectivity index (χ2v) is 7.63. The summed E-state index contributed by atoms with van der Waals surface area (Å²) < 4.78 is 38.6. The quantitative estimate of drug-likeness (QED) is 0.533. The van der Waals surface area contributed by atoms with Crippen LogP contribution in [-0.2, 0) is 4.79 Å². The number of hydrogen-bond donors (Lipinski definition) is 2. The Balaban J connectivity index is 0.000000416. The molecule has 4 rings (SSSR count). The van der Waals surface area contributed by atoms with Crippen LogP contribution in [-0.4, -0.2) is 46.1 Å². The first kappa shape index (κ1) is 23.2. The summed E-state index contributed by atoms with van der Waals surface area (Å²) in [5.41, 5.74) is 4.55. The van der Waals surface area contributed by atoms with Gasteiger partial charge in [-0.05, 0) is 49.9 Å². The predicted molar refractivity (Wildman–Crippen MR) is 115 cm³/mol. The van der Waals surface area contributed by atoms with Crippen molar-refractivity contribution in [2.45, 2.75) is 45.3 Å². The normalized spacial score (nSPS) is 13.3. The molecule has 0 unspecified atom stereocenters. The van der Waals surface area contributed by atoms with Gasteiger partial charge >= 0.3 is 6.18 Å². The highest BCUT2D eigenvalue weighted by atomic mass is 19.4. The Morgan fingerprint density at radius 1 is 1.16 bits per heavy atom. The first-order chi connectivity index (χ1) is 15.2. The molecule has 1 aliphatic rings. The lowest BCUT2D eigenvalue weighted by Gasteiger charge is -2.11. The van der Waals surface area contributed by atoms with Crippen LogP contribution < -0.4 is 10.6 Å². The molecule has 1 saturated carbocycles. The Morgan fingerprint density at radius 3 is 2.47 bits per heavy atom. The van der Waals surface area contributed by atoms with E-state index >= 15 is 0 Å². The molecule has 170 valence electrons. The highest BCUT2D eigenvalue weighted by molar-refractivity contribution is 5.80. The minimum Gasteiger partial charge on any atom is -0.382 e. The number of alkyl halides is 3. The van der Waals surface area contributed by atoms with Gasteiger partial charge in [-0.2, -0.15) is 18.3 Å². The molecule has 2 heterocycles. The topological polar surface area (TPSA) is 88.4 Å². The average molecular weight is 447 g/mol. The Kier molecular flexibility index (Phi) is 7.12. The Morgan fingerprint density at radius 2 is 1.91 bits per heavy atom. The van der Waals surface area contributed by atoms with Gasteiger partial charge in [-0.15, -0.1) is 0 Å². The van der Waals surface area contributed by atoms with E-state index < -0.39 is 12.6 Å². The van der Waals surface area contributed by atoms with Crippen molar-refractivity contribution in [2.75, 3.05) is 11.9 Å². The maximum atomic E-state index is 12.4. The Hall–Kier alpha value is -3.43. The number of aldehydes is 1. The Labute approximate surface area is 183 Å². The molecule has 0 atom stereocenters. The number of aromatic nitrogens is 3. The van der Waals surface area contributed by atoms with Crippen LogP contribution in [0, 0.1) is 13.8 Å². The summed E-state index contributed by atoms with van der Waals surface area (Å²) in [4.78, 5) is 25.0. The standard InChI is InChI=1S/C18H17F3N4O.C4H7NO/c1-11-3-4-13(7-12(11)2)16-9-23-17-15(22-6-5-18(19,20)21)8-14(10-26)24-25(16)17;6-3-5-4-1-2-4/h3-4,7-10,22H,5-6H2,1-2H3;3-4H,1-2H2,(H,5,6). The summed E-state index contributed by atoms with van der Waals surface area (Å²) in [7, 11) is 0. The van der Waals surface area contributed by atoms with E-state index in [1.54, 1.807) is 6.20 Å². The van der Waals surface area contributed by atoms with Crippen molar-refractivity contribution in [3.63, 3.8) is 0 Å². The maximum Gasteiger partial charge on any atom is 0.390 e. The molecule has 1 fully saturated rings. The molecule has 10 heteroatoms. The summed E-state index contributed by atoms with van der Waals surface area (Å²) in [6.45, 7) is 3.67. The number of fused-ring (bicyclic) bond motifs is 1. The van der Waals surface area contributed by atoms with Crippen LogP contribution >= 0.6 is 0 Å². The molecule has 1 amide bonds. The average Bonchev–Trinajstić information content (AvgIpc) is 3.45. The highest BCUT2D eigenvalue weighted by Gasteiger charge is 2.26. The van der Waals surface area contributed by atoms with E-state index in [9.17, 15) is 22.8 Å². The van der Waals surface area contributed by atoms with E-state index in [4.69, 9.17) is 0 Å². The smallest absolute Gasteiger partial charge is 0.382 e. The fraction of sp³-hybridized carbons (Fsp3) is 0.364. The van der Waals surface area contributed by atoms with Crippen LogP contribution in [0.1, 0.15) is 40.9 Å². The molecule has 1 aliphatic carbocycles. The van der Waals surface area contributed by atoms with Gasteiger partial charge in [-0.25, -0.2) is 9.50 Å². The van der Waals surface area contributed by atoms with Gasteiger partial charge in [0.1, 0.15) is 5.69 Å². The minimum atomic E-state index is -4.26. The molecule has 7 nitrogen and oxygen atoms in total. The first-order valence-electron chi connectivity index (χ1n) is 10.1. The summed E-state index contributed by atoms with van der Waals surface area (Å²) in [6.07, 6.45) is 0.0239. The lowest BCUT2D eigenvalue weighted by molar-refractivity contribution is -0.131. The van der Waals surface area contributed by atoms with Crippen LogP contribution in [0.5, 0.6) is 0 Å². The summed E-state index contributed by atoms with van der Waals surface area (Å²) in [5, 5.41) is 9.56. The molecular weight excluding hydrogens is 423 g/mol. The second kappa shape index (κ2) is 9.80. The number of hydrogen-bond acceptors (Lipinski definition) is 5. The second-order valence-electron chi connectivity index (χ2n) is 7.63.